The number of urea groups is 1. The number of rotatable bonds is 4. The van der Waals surface area contributed by atoms with Crippen LogP contribution in [0.25, 0.3) is 0 Å². The average Bonchev–Trinajstić information content (AvgIpc) is 2.76. The van der Waals surface area contributed by atoms with Crippen LogP contribution >= 0.6 is 0 Å². The molecule has 0 spiro atoms. The molecule has 0 aromatic heterocycles. The maximum absolute atomic E-state index is 13.1. The molecule has 1 saturated heterocycles. The quantitative estimate of drug-likeness (QED) is 0.618. The fourth-order valence-corrected chi connectivity index (χ4v) is 3.80. The molecule has 4 nitrogen and oxygen atoms in total. The van der Waals surface area contributed by atoms with Gasteiger partial charge in [-0.3, -0.25) is 0 Å². The lowest BCUT2D eigenvalue weighted by atomic mass is 9.88. The summed E-state index contributed by atoms with van der Waals surface area (Å²) in [6.07, 6.45) is -9.93. The highest BCUT2D eigenvalue weighted by atomic mass is 19.4. The molecular formula is C22H22F6N2O2. The summed E-state index contributed by atoms with van der Waals surface area (Å²) in [7, 11) is 1.51. The zero-order valence-electron chi connectivity index (χ0n) is 17.1. The highest BCUT2D eigenvalue weighted by molar-refractivity contribution is 5.74. The number of ether oxygens (including phenoxy) is 1. The molecule has 1 fully saturated rings. The molecule has 0 radical (unpaired) electrons. The van der Waals surface area contributed by atoms with Crippen LogP contribution in [0.5, 0.6) is 0 Å². The predicted molar refractivity (Wildman–Crippen MR) is 105 cm³/mol. The third-order valence-corrected chi connectivity index (χ3v) is 5.39. The highest BCUT2D eigenvalue weighted by Crippen LogP contribution is 2.37. The molecule has 174 valence electrons. The van der Waals surface area contributed by atoms with Crippen LogP contribution in [0.2, 0.25) is 0 Å². The molecule has 1 aliphatic heterocycles. The maximum Gasteiger partial charge on any atom is 0.416 e. The van der Waals surface area contributed by atoms with E-state index in [1.165, 1.54) is 7.05 Å². The monoisotopic (exact) mass is 460 g/mol. The molecule has 10 heteroatoms. The third-order valence-electron chi connectivity index (χ3n) is 5.39. The van der Waals surface area contributed by atoms with E-state index in [0.29, 0.717) is 31.6 Å². The lowest BCUT2D eigenvalue weighted by molar-refractivity contribution is -0.143. The van der Waals surface area contributed by atoms with Gasteiger partial charge in [0.25, 0.3) is 0 Å². The van der Waals surface area contributed by atoms with Gasteiger partial charge in [0.1, 0.15) is 0 Å². The molecule has 0 saturated carbocycles. The second kappa shape index (κ2) is 9.40. The lowest BCUT2D eigenvalue weighted by Crippen LogP contribution is -2.48. The minimum absolute atomic E-state index is 0.0954. The minimum Gasteiger partial charge on any atom is -0.373 e. The molecule has 2 atom stereocenters. The second-order valence-electron chi connectivity index (χ2n) is 7.57. The lowest BCUT2D eigenvalue weighted by Gasteiger charge is -2.38. The Morgan fingerprint density at radius 3 is 2.16 bits per heavy atom. The topological polar surface area (TPSA) is 41.6 Å². The second-order valence-corrected chi connectivity index (χ2v) is 7.57. The molecule has 1 heterocycles. The zero-order chi connectivity index (χ0) is 23.5. The first-order valence-electron chi connectivity index (χ1n) is 9.90. The summed E-state index contributed by atoms with van der Waals surface area (Å²) >= 11 is 0. The molecule has 2 aromatic carbocycles. The third kappa shape index (κ3) is 5.73. The maximum atomic E-state index is 13.1. The van der Waals surface area contributed by atoms with Gasteiger partial charge in [-0.05, 0) is 35.7 Å². The van der Waals surface area contributed by atoms with Gasteiger partial charge in [0, 0.05) is 26.1 Å². The van der Waals surface area contributed by atoms with Gasteiger partial charge in [-0.15, -0.1) is 0 Å². The van der Waals surface area contributed by atoms with E-state index in [1.54, 1.807) is 4.90 Å². The normalized spacial score (nSPS) is 19.7. The van der Waals surface area contributed by atoms with Crippen LogP contribution in [0.3, 0.4) is 0 Å². The van der Waals surface area contributed by atoms with Gasteiger partial charge in [-0.25, -0.2) is 4.79 Å². The predicted octanol–water partition coefficient (Wildman–Crippen LogP) is 5.44. The molecule has 2 amide bonds. The zero-order valence-corrected chi connectivity index (χ0v) is 17.1. The molecule has 1 N–H and O–H groups in total. The van der Waals surface area contributed by atoms with Gasteiger partial charge < -0.3 is 15.0 Å². The first-order valence-corrected chi connectivity index (χ1v) is 9.90. The number of hydrogen-bond donors (Lipinski definition) is 1. The fourth-order valence-electron chi connectivity index (χ4n) is 3.80. The van der Waals surface area contributed by atoms with E-state index in [9.17, 15) is 31.1 Å². The Kier molecular flexibility index (Phi) is 7.02. The number of nitrogens with one attached hydrogen (secondary N) is 1. The minimum atomic E-state index is -4.92. The Hall–Kier alpha value is -2.75. The van der Waals surface area contributed by atoms with Crippen molar-refractivity contribution < 1.29 is 35.9 Å². The number of hydrogen-bond acceptors (Lipinski definition) is 2. The van der Waals surface area contributed by atoms with E-state index in [-0.39, 0.29) is 23.6 Å². The van der Waals surface area contributed by atoms with Crippen LogP contribution < -0.4 is 5.32 Å². The van der Waals surface area contributed by atoms with Crippen molar-refractivity contribution in [3.05, 3.63) is 70.8 Å². The number of likely N-dealkylation sites (tertiary alicyclic amines) is 1. The average molecular weight is 460 g/mol. The van der Waals surface area contributed by atoms with Crippen LogP contribution in [-0.4, -0.2) is 37.2 Å². The van der Waals surface area contributed by atoms with E-state index in [1.807, 2.05) is 30.3 Å². The summed E-state index contributed by atoms with van der Waals surface area (Å²) < 4.78 is 84.5. The van der Waals surface area contributed by atoms with Crippen molar-refractivity contribution in [2.45, 2.75) is 37.4 Å². The van der Waals surface area contributed by atoms with E-state index in [2.05, 4.69) is 5.32 Å². The summed E-state index contributed by atoms with van der Waals surface area (Å²) in [5.74, 6) is -0.282. The number of carbonyl (C=O) groups is 1. The van der Waals surface area contributed by atoms with Gasteiger partial charge in [0.15, 0.2) is 0 Å². The Labute approximate surface area is 181 Å². The molecule has 2 aromatic rings. The van der Waals surface area contributed by atoms with Crippen molar-refractivity contribution in [3.8, 4) is 0 Å². The van der Waals surface area contributed by atoms with Crippen molar-refractivity contribution >= 4 is 6.03 Å². The van der Waals surface area contributed by atoms with Crippen LogP contribution in [0.4, 0.5) is 31.1 Å². The number of nitrogens with zero attached hydrogens (tertiary/aromatic N) is 1. The largest absolute Gasteiger partial charge is 0.416 e. The number of piperidine rings is 1. The van der Waals surface area contributed by atoms with Gasteiger partial charge in [-0.1, -0.05) is 30.3 Å². The molecule has 3 rings (SSSR count). The smallest absolute Gasteiger partial charge is 0.373 e. The SMILES string of the molecule is CNC(=O)N1CC[C@H](OCc2cc(C(F)(F)F)cc(C(F)(F)F)c2)[C@H](c2ccccc2)C1. The Balaban J connectivity index is 1.83. The van der Waals surface area contributed by atoms with Crippen molar-refractivity contribution in [3.63, 3.8) is 0 Å². The summed E-state index contributed by atoms with van der Waals surface area (Å²) in [6, 6.07) is 10.3. The number of carbonyl (C=O) groups excluding carboxylic acids is 1. The first kappa shape index (κ1) is 23.9. The van der Waals surface area contributed by atoms with Crippen molar-refractivity contribution in [1.82, 2.24) is 10.2 Å². The standard InChI is InChI=1S/C22H22F6N2O2/c1-29-20(31)30-8-7-19(18(12-30)15-5-3-2-4-6-15)32-13-14-9-16(21(23,24)25)11-17(10-14)22(26,27)28/h2-6,9-11,18-19H,7-8,12-13H2,1H3,(H,29,31)/t18-,19-/m0/s1. The Bertz CT molecular complexity index is 898. The van der Waals surface area contributed by atoms with E-state index < -0.39 is 36.2 Å². The van der Waals surface area contributed by atoms with Gasteiger partial charge in [0.2, 0.25) is 0 Å². The fraction of sp³-hybridized carbons (Fsp3) is 0.409. The summed E-state index contributed by atoms with van der Waals surface area (Å²) in [4.78, 5) is 13.7. The number of amides is 2. The van der Waals surface area contributed by atoms with E-state index in [0.717, 1.165) is 5.56 Å². The number of alkyl halides is 6. The van der Waals surface area contributed by atoms with Crippen molar-refractivity contribution in [2.24, 2.45) is 0 Å². The van der Waals surface area contributed by atoms with Gasteiger partial charge >= 0.3 is 18.4 Å². The first-order chi connectivity index (χ1) is 15.0. The van der Waals surface area contributed by atoms with Crippen molar-refractivity contribution in [1.29, 1.82) is 0 Å². The summed E-state index contributed by atoms with van der Waals surface area (Å²) in [6.45, 7) is 0.246. The summed E-state index contributed by atoms with van der Waals surface area (Å²) in [5.41, 5.74) is -2.10. The van der Waals surface area contributed by atoms with E-state index >= 15 is 0 Å². The number of benzene rings is 2. The van der Waals surface area contributed by atoms with Crippen LogP contribution in [0, 0.1) is 0 Å². The van der Waals surface area contributed by atoms with E-state index in [4.69, 9.17) is 4.74 Å². The molecule has 0 bridgehead atoms. The Morgan fingerprint density at radius 2 is 1.62 bits per heavy atom. The van der Waals surface area contributed by atoms with Crippen LogP contribution in [-0.2, 0) is 23.7 Å². The van der Waals surface area contributed by atoms with Crippen LogP contribution in [0.1, 0.15) is 34.6 Å². The Morgan fingerprint density at radius 1 is 1.03 bits per heavy atom. The molecule has 32 heavy (non-hydrogen) atoms. The van der Waals surface area contributed by atoms with Gasteiger partial charge in [0.05, 0.1) is 23.8 Å². The summed E-state index contributed by atoms with van der Waals surface area (Å²) in [5, 5.41) is 2.55. The van der Waals surface area contributed by atoms with Crippen molar-refractivity contribution in [2.75, 3.05) is 20.1 Å². The molecule has 1 aliphatic rings. The van der Waals surface area contributed by atoms with Crippen LogP contribution in [0.15, 0.2) is 48.5 Å². The molecule has 0 unspecified atom stereocenters. The highest BCUT2D eigenvalue weighted by Gasteiger charge is 2.37. The molecular weight excluding hydrogens is 438 g/mol. The molecule has 0 aliphatic carbocycles. The number of halogens is 6. The van der Waals surface area contributed by atoms with Gasteiger partial charge in [-0.2, -0.15) is 26.3 Å².